The predicted octanol–water partition coefficient (Wildman–Crippen LogP) is 1.08. The van der Waals surface area contributed by atoms with Gasteiger partial charge in [-0.1, -0.05) is 6.08 Å². The van der Waals surface area contributed by atoms with Crippen LogP contribution in [0.15, 0.2) is 37.2 Å². The first-order chi connectivity index (χ1) is 9.72. The van der Waals surface area contributed by atoms with E-state index in [2.05, 4.69) is 11.6 Å². The van der Waals surface area contributed by atoms with Crippen LogP contribution in [0, 0.1) is 0 Å². The molecule has 0 unspecified atom stereocenters. The summed E-state index contributed by atoms with van der Waals surface area (Å²) in [5.41, 5.74) is 0.635. The highest BCUT2D eigenvalue weighted by molar-refractivity contribution is 5.95. The zero-order valence-electron chi connectivity index (χ0n) is 11.2. The van der Waals surface area contributed by atoms with E-state index in [4.69, 9.17) is 0 Å². The van der Waals surface area contributed by atoms with E-state index in [1.807, 2.05) is 9.80 Å². The average Bonchev–Trinajstić information content (AvgIpc) is 3.00. The molecule has 2 amide bonds. The molecule has 1 aromatic heterocycles. The number of carbonyl (C=O) groups excluding carboxylic acids is 2. The van der Waals surface area contributed by atoms with Gasteiger partial charge < -0.3 is 9.80 Å². The second kappa shape index (κ2) is 5.07. The standard InChI is InChI=1S/C15H17N3O2/c1-2-8-17-12-5-9-18(13(12)10-14(17)19)15(20)11-3-6-16-7-4-11/h2-4,6-7,12-13H,1,5,8-10H2/t12-,13+/m0/s1. The maximum absolute atomic E-state index is 12.5. The van der Waals surface area contributed by atoms with Crippen LogP contribution < -0.4 is 0 Å². The number of rotatable bonds is 3. The Kier molecular flexibility index (Phi) is 3.26. The number of fused-ring (bicyclic) bond motifs is 1. The smallest absolute Gasteiger partial charge is 0.254 e. The SMILES string of the molecule is C=CCN1C(=O)C[C@@H]2[C@@H]1CCN2C(=O)c1ccncc1. The first-order valence-corrected chi connectivity index (χ1v) is 6.83. The number of aromatic nitrogens is 1. The van der Waals surface area contributed by atoms with Crippen LogP contribution in [-0.4, -0.2) is 51.8 Å². The van der Waals surface area contributed by atoms with Crippen LogP contribution >= 0.6 is 0 Å². The highest BCUT2D eigenvalue weighted by Crippen LogP contribution is 2.33. The van der Waals surface area contributed by atoms with Crippen molar-refractivity contribution < 1.29 is 9.59 Å². The Morgan fingerprint density at radius 1 is 1.40 bits per heavy atom. The van der Waals surface area contributed by atoms with Crippen molar-refractivity contribution in [2.45, 2.75) is 24.9 Å². The van der Waals surface area contributed by atoms with Crippen molar-refractivity contribution in [2.75, 3.05) is 13.1 Å². The van der Waals surface area contributed by atoms with Gasteiger partial charge in [0.1, 0.15) is 0 Å². The molecule has 0 spiro atoms. The summed E-state index contributed by atoms with van der Waals surface area (Å²) in [6, 6.07) is 3.58. The zero-order valence-corrected chi connectivity index (χ0v) is 11.2. The number of nitrogens with zero attached hydrogens (tertiary/aromatic N) is 3. The summed E-state index contributed by atoms with van der Waals surface area (Å²) in [5, 5.41) is 0. The molecular formula is C15H17N3O2. The molecule has 0 radical (unpaired) electrons. The molecule has 0 bridgehead atoms. The first kappa shape index (κ1) is 12.8. The van der Waals surface area contributed by atoms with Gasteiger partial charge in [0.15, 0.2) is 0 Å². The van der Waals surface area contributed by atoms with Crippen molar-refractivity contribution in [2.24, 2.45) is 0 Å². The van der Waals surface area contributed by atoms with E-state index in [0.29, 0.717) is 25.1 Å². The minimum Gasteiger partial charge on any atom is -0.334 e. The third-order valence-electron chi connectivity index (χ3n) is 4.13. The minimum atomic E-state index is -0.00634. The van der Waals surface area contributed by atoms with Crippen LogP contribution in [0.3, 0.4) is 0 Å². The Morgan fingerprint density at radius 2 is 2.15 bits per heavy atom. The number of hydrogen-bond acceptors (Lipinski definition) is 3. The molecule has 20 heavy (non-hydrogen) atoms. The zero-order chi connectivity index (χ0) is 14.1. The Labute approximate surface area is 117 Å². The Balaban J connectivity index is 1.80. The topological polar surface area (TPSA) is 53.5 Å². The molecule has 2 atom stereocenters. The van der Waals surface area contributed by atoms with Crippen LogP contribution in [0.25, 0.3) is 0 Å². The van der Waals surface area contributed by atoms with Gasteiger partial charge in [0, 0.05) is 37.5 Å². The monoisotopic (exact) mass is 271 g/mol. The summed E-state index contributed by atoms with van der Waals surface area (Å²) < 4.78 is 0. The molecule has 3 heterocycles. The number of pyridine rings is 1. The van der Waals surface area contributed by atoms with E-state index < -0.39 is 0 Å². The van der Waals surface area contributed by atoms with E-state index in [9.17, 15) is 9.59 Å². The molecule has 0 aliphatic carbocycles. The van der Waals surface area contributed by atoms with Gasteiger partial charge in [0.25, 0.3) is 5.91 Å². The summed E-state index contributed by atoms with van der Waals surface area (Å²) in [6.45, 7) is 4.97. The van der Waals surface area contributed by atoms with E-state index in [1.165, 1.54) is 0 Å². The van der Waals surface area contributed by atoms with Crippen molar-refractivity contribution in [3.63, 3.8) is 0 Å². The quantitative estimate of drug-likeness (QED) is 0.773. The van der Waals surface area contributed by atoms with E-state index in [1.54, 1.807) is 30.6 Å². The molecule has 5 heteroatoms. The fourth-order valence-corrected chi connectivity index (χ4v) is 3.22. The van der Waals surface area contributed by atoms with Crippen LogP contribution in [-0.2, 0) is 4.79 Å². The summed E-state index contributed by atoms with van der Waals surface area (Å²) in [4.78, 5) is 32.1. The van der Waals surface area contributed by atoms with Gasteiger partial charge in [0.05, 0.1) is 12.1 Å². The van der Waals surface area contributed by atoms with Crippen molar-refractivity contribution >= 4 is 11.8 Å². The maximum Gasteiger partial charge on any atom is 0.254 e. The Hall–Kier alpha value is -2.17. The molecule has 2 aliphatic heterocycles. The highest BCUT2D eigenvalue weighted by Gasteiger charge is 2.47. The third kappa shape index (κ3) is 1.99. The number of carbonyl (C=O) groups is 2. The van der Waals surface area contributed by atoms with Gasteiger partial charge in [-0.2, -0.15) is 0 Å². The third-order valence-corrected chi connectivity index (χ3v) is 4.13. The summed E-state index contributed by atoms with van der Waals surface area (Å²) in [6.07, 6.45) is 6.25. The van der Waals surface area contributed by atoms with Crippen molar-refractivity contribution in [1.29, 1.82) is 0 Å². The number of hydrogen-bond donors (Lipinski definition) is 0. The molecule has 2 aliphatic rings. The average molecular weight is 271 g/mol. The van der Waals surface area contributed by atoms with E-state index >= 15 is 0 Å². The molecule has 2 saturated heterocycles. The Morgan fingerprint density at radius 3 is 2.85 bits per heavy atom. The maximum atomic E-state index is 12.5. The molecule has 0 N–H and O–H groups in total. The van der Waals surface area contributed by atoms with Crippen molar-refractivity contribution in [3.05, 3.63) is 42.7 Å². The lowest BCUT2D eigenvalue weighted by molar-refractivity contribution is -0.128. The van der Waals surface area contributed by atoms with E-state index in [-0.39, 0.29) is 23.9 Å². The second-order valence-corrected chi connectivity index (χ2v) is 5.20. The second-order valence-electron chi connectivity index (χ2n) is 5.20. The predicted molar refractivity (Wildman–Crippen MR) is 74.0 cm³/mol. The van der Waals surface area contributed by atoms with Gasteiger partial charge in [-0.15, -0.1) is 6.58 Å². The number of amides is 2. The fourth-order valence-electron chi connectivity index (χ4n) is 3.22. The summed E-state index contributed by atoms with van der Waals surface area (Å²) >= 11 is 0. The highest BCUT2D eigenvalue weighted by atomic mass is 16.2. The van der Waals surface area contributed by atoms with Gasteiger partial charge in [-0.05, 0) is 18.6 Å². The van der Waals surface area contributed by atoms with Gasteiger partial charge in [-0.3, -0.25) is 14.6 Å². The molecule has 3 rings (SSSR count). The minimum absolute atomic E-state index is 0.00288. The fraction of sp³-hybridized carbons (Fsp3) is 0.400. The van der Waals surface area contributed by atoms with Crippen LogP contribution in [0.5, 0.6) is 0 Å². The van der Waals surface area contributed by atoms with Gasteiger partial charge in [0.2, 0.25) is 5.91 Å². The van der Waals surface area contributed by atoms with Crippen LogP contribution in [0.4, 0.5) is 0 Å². The lowest BCUT2D eigenvalue weighted by Crippen LogP contribution is -2.39. The lowest BCUT2D eigenvalue weighted by Gasteiger charge is -2.24. The molecule has 0 aromatic carbocycles. The normalized spacial score (nSPS) is 24.9. The molecule has 104 valence electrons. The lowest BCUT2D eigenvalue weighted by atomic mass is 10.1. The van der Waals surface area contributed by atoms with Crippen molar-refractivity contribution in [3.8, 4) is 0 Å². The molecule has 1 aromatic rings. The summed E-state index contributed by atoms with van der Waals surface area (Å²) in [7, 11) is 0. The first-order valence-electron chi connectivity index (χ1n) is 6.83. The largest absolute Gasteiger partial charge is 0.334 e. The summed E-state index contributed by atoms with van der Waals surface area (Å²) in [5.74, 6) is 0.111. The van der Waals surface area contributed by atoms with Gasteiger partial charge in [-0.25, -0.2) is 0 Å². The van der Waals surface area contributed by atoms with Crippen LogP contribution in [0.2, 0.25) is 0 Å². The molecule has 2 fully saturated rings. The molecule has 5 nitrogen and oxygen atoms in total. The van der Waals surface area contributed by atoms with Crippen molar-refractivity contribution in [1.82, 2.24) is 14.8 Å². The van der Waals surface area contributed by atoms with Crippen LogP contribution in [0.1, 0.15) is 23.2 Å². The van der Waals surface area contributed by atoms with E-state index in [0.717, 1.165) is 6.42 Å². The Bertz CT molecular complexity index is 543. The molecule has 0 saturated carbocycles. The molecular weight excluding hydrogens is 254 g/mol. The number of likely N-dealkylation sites (tertiary alicyclic amines) is 2. The van der Waals surface area contributed by atoms with Gasteiger partial charge >= 0.3 is 0 Å².